The summed E-state index contributed by atoms with van der Waals surface area (Å²) in [6.45, 7) is 5.78. The van der Waals surface area contributed by atoms with E-state index in [0.29, 0.717) is 18.9 Å². The molecule has 1 N–H and O–H groups in total. The van der Waals surface area contributed by atoms with Crippen LogP contribution in [0.25, 0.3) is 11.4 Å². The number of anilines is 3. The summed E-state index contributed by atoms with van der Waals surface area (Å²) in [5.41, 5.74) is 1.98. The molecular weight excluding hydrogens is 589 g/mol. The zero-order valence-corrected chi connectivity index (χ0v) is 27.1. The lowest BCUT2D eigenvalue weighted by Gasteiger charge is -2.26. The summed E-state index contributed by atoms with van der Waals surface area (Å²) >= 11 is 0. The quantitative estimate of drug-likeness (QED) is 0.0978. The average Bonchev–Trinajstić information content (AvgIpc) is 3.57. The summed E-state index contributed by atoms with van der Waals surface area (Å²) in [5.74, 6) is 1.59. The van der Waals surface area contributed by atoms with Gasteiger partial charge >= 0.3 is 6.18 Å². The van der Waals surface area contributed by atoms with Crippen molar-refractivity contribution in [2.45, 2.75) is 97.1 Å². The zero-order valence-electron chi connectivity index (χ0n) is 27.1. The molecule has 0 aliphatic heterocycles. The molecule has 4 rings (SSSR count). The van der Waals surface area contributed by atoms with Crippen LogP contribution in [0.4, 0.5) is 30.2 Å². The fraction of sp³-hybridized carbons (Fsp3) is 0.459. The molecule has 0 saturated heterocycles. The highest BCUT2D eigenvalue weighted by atomic mass is 19.4. The van der Waals surface area contributed by atoms with E-state index in [-0.39, 0.29) is 5.69 Å². The number of aromatic nitrogens is 3. The molecule has 0 aliphatic rings. The van der Waals surface area contributed by atoms with Crippen LogP contribution in [0.2, 0.25) is 0 Å². The van der Waals surface area contributed by atoms with Crippen LogP contribution < -0.4 is 14.4 Å². The summed E-state index contributed by atoms with van der Waals surface area (Å²) in [5, 5.41) is 5.95. The van der Waals surface area contributed by atoms with E-state index >= 15 is 0 Å². The maximum absolute atomic E-state index is 13.2. The van der Waals surface area contributed by atoms with E-state index in [1.54, 1.807) is 12.3 Å². The number of H-pyrrole nitrogens is 1. The topological polar surface area (TPSA) is 63.3 Å². The largest absolute Gasteiger partial charge is 0.494 e. The third-order valence-electron chi connectivity index (χ3n) is 7.87. The lowest BCUT2D eigenvalue weighted by atomic mass is 10.1. The SMILES string of the molecule is CCCCCCCCOc1ccc(N(c2ccc(OCCCCCCCC)cc2)c2ccnc(-c3cc(C(F)(F)F)[nH]n3)c2)cc1. The molecule has 248 valence electrons. The molecule has 0 bridgehead atoms. The molecule has 46 heavy (non-hydrogen) atoms. The van der Waals surface area contributed by atoms with Gasteiger partial charge in [-0.3, -0.25) is 10.1 Å². The number of alkyl halides is 3. The number of ether oxygens (including phenoxy) is 2. The lowest BCUT2D eigenvalue weighted by Crippen LogP contribution is -2.10. The third-order valence-corrected chi connectivity index (χ3v) is 7.87. The second-order valence-corrected chi connectivity index (χ2v) is 11.6. The molecule has 0 fully saturated rings. The van der Waals surface area contributed by atoms with Crippen molar-refractivity contribution in [1.29, 1.82) is 0 Å². The maximum atomic E-state index is 13.2. The van der Waals surface area contributed by atoms with Crippen molar-refractivity contribution in [3.8, 4) is 22.9 Å². The first-order chi connectivity index (χ1) is 22.4. The summed E-state index contributed by atoms with van der Waals surface area (Å²) < 4.78 is 51.7. The normalized spacial score (nSPS) is 11.5. The molecule has 2 heterocycles. The summed E-state index contributed by atoms with van der Waals surface area (Å²) in [6.07, 6.45) is 11.5. The van der Waals surface area contributed by atoms with Gasteiger partial charge in [-0.15, -0.1) is 0 Å². The Bertz CT molecular complexity index is 1360. The summed E-state index contributed by atoms with van der Waals surface area (Å²) in [4.78, 5) is 6.34. The summed E-state index contributed by atoms with van der Waals surface area (Å²) in [7, 11) is 0. The molecule has 0 aliphatic carbocycles. The fourth-order valence-corrected chi connectivity index (χ4v) is 5.27. The Kier molecular flexibility index (Phi) is 13.8. The van der Waals surface area contributed by atoms with Crippen molar-refractivity contribution >= 4 is 17.1 Å². The van der Waals surface area contributed by atoms with Crippen LogP contribution in [0.5, 0.6) is 11.5 Å². The van der Waals surface area contributed by atoms with Crippen LogP contribution in [0.3, 0.4) is 0 Å². The van der Waals surface area contributed by atoms with E-state index < -0.39 is 11.9 Å². The van der Waals surface area contributed by atoms with Crippen molar-refractivity contribution < 1.29 is 22.6 Å². The third kappa shape index (κ3) is 10.8. The molecule has 0 unspecified atom stereocenters. The van der Waals surface area contributed by atoms with Gasteiger partial charge in [0.25, 0.3) is 0 Å². The van der Waals surface area contributed by atoms with Crippen LogP contribution in [0, 0.1) is 0 Å². The molecule has 6 nitrogen and oxygen atoms in total. The number of hydrogen-bond donors (Lipinski definition) is 1. The van der Waals surface area contributed by atoms with Gasteiger partial charge in [0.15, 0.2) is 0 Å². The Balaban J connectivity index is 1.50. The number of benzene rings is 2. The monoisotopic (exact) mass is 636 g/mol. The van der Waals surface area contributed by atoms with Gasteiger partial charge in [0, 0.05) is 23.3 Å². The highest BCUT2D eigenvalue weighted by Crippen LogP contribution is 2.38. The molecule has 2 aromatic heterocycles. The second-order valence-electron chi connectivity index (χ2n) is 11.6. The number of aromatic amines is 1. The first-order valence-corrected chi connectivity index (χ1v) is 16.7. The minimum atomic E-state index is -4.52. The van der Waals surface area contributed by atoms with E-state index in [4.69, 9.17) is 9.47 Å². The molecule has 0 radical (unpaired) electrons. The average molecular weight is 637 g/mol. The molecule has 0 saturated carbocycles. The molecule has 0 atom stereocenters. The highest BCUT2D eigenvalue weighted by molar-refractivity contribution is 5.78. The Morgan fingerprint density at radius 2 is 1.11 bits per heavy atom. The highest BCUT2D eigenvalue weighted by Gasteiger charge is 2.33. The predicted octanol–water partition coefficient (Wildman–Crippen LogP) is 11.4. The number of unbranched alkanes of at least 4 members (excludes halogenated alkanes) is 10. The molecule has 9 heteroatoms. The van der Waals surface area contributed by atoms with Gasteiger partial charge in [0.1, 0.15) is 22.9 Å². The van der Waals surface area contributed by atoms with E-state index in [1.807, 2.05) is 59.5 Å². The Hall–Kier alpha value is -4.01. The molecule has 4 aromatic rings. The Labute approximate surface area is 271 Å². The number of hydrogen-bond acceptors (Lipinski definition) is 5. The van der Waals surface area contributed by atoms with Crippen molar-refractivity contribution in [3.05, 3.63) is 78.6 Å². The minimum absolute atomic E-state index is 0.117. The summed E-state index contributed by atoms with van der Waals surface area (Å²) in [6, 6.07) is 20.3. The number of nitrogens with one attached hydrogen (secondary N) is 1. The fourth-order valence-electron chi connectivity index (χ4n) is 5.27. The van der Waals surface area contributed by atoms with Crippen LogP contribution in [-0.4, -0.2) is 28.4 Å². The van der Waals surface area contributed by atoms with Gasteiger partial charge < -0.3 is 14.4 Å². The van der Waals surface area contributed by atoms with Crippen LogP contribution in [0.15, 0.2) is 72.9 Å². The Morgan fingerprint density at radius 1 is 0.609 bits per heavy atom. The smallest absolute Gasteiger partial charge is 0.432 e. The Morgan fingerprint density at radius 3 is 1.59 bits per heavy atom. The van der Waals surface area contributed by atoms with Crippen LogP contribution >= 0.6 is 0 Å². The van der Waals surface area contributed by atoms with Crippen molar-refractivity contribution in [3.63, 3.8) is 0 Å². The second kappa shape index (κ2) is 18.2. The van der Waals surface area contributed by atoms with Gasteiger partial charge in [-0.25, -0.2) is 0 Å². The number of rotatable bonds is 20. The minimum Gasteiger partial charge on any atom is -0.494 e. The van der Waals surface area contributed by atoms with Gasteiger partial charge in [-0.1, -0.05) is 78.1 Å². The molecule has 0 spiro atoms. The van der Waals surface area contributed by atoms with E-state index in [9.17, 15) is 13.2 Å². The first-order valence-electron chi connectivity index (χ1n) is 16.7. The van der Waals surface area contributed by atoms with Gasteiger partial charge in [-0.05, 0) is 79.6 Å². The number of pyridine rings is 1. The van der Waals surface area contributed by atoms with Crippen molar-refractivity contribution in [2.24, 2.45) is 0 Å². The van der Waals surface area contributed by atoms with Gasteiger partial charge in [-0.2, -0.15) is 18.3 Å². The van der Waals surface area contributed by atoms with E-state index in [1.165, 1.54) is 51.4 Å². The number of nitrogens with zero attached hydrogens (tertiary/aromatic N) is 3. The standard InChI is InChI=1S/C37H47F3N4O2/c1-3-5-7-9-11-13-25-45-32-19-15-29(16-20-32)44(30-17-21-33(22-18-30)46-26-14-12-10-8-6-4-2)31-23-24-41-34(27-31)35-28-36(43-42-35)37(38,39)40/h15-24,27-28H,3-14,25-26H2,1-2H3,(H,42,43). The first kappa shape index (κ1) is 34.9. The number of halogens is 3. The van der Waals surface area contributed by atoms with Gasteiger partial charge in [0.2, 0.25) is 0 Å². The molecule has 0 amide bonds. The van der Waals surface area contributed by atoms with Crippen LogP contribution in [-0.2, 0) is 6.18 Å². The van der Waals surface area contributed by atoms with Crippen molar-refractivity contribution in [2.75, 3.05) is 18.1 Å². The zero-order chi connectivity index (χ0) is 32.6. The van der Waals surface area contributed by atoms with E-state index in [2.05, 4.69) is 29.0 Å². The lowest BCUT2D eigenvalue weighted by molar-refractivity contribution is -0.141. The predicted molar refractivity (Wildman–Crippen MR) is 179 cm³/mol. The molecule has 2 aromatic carbocycles. The van der Waals surface area contributed by atoms with E-state index in [0.717, 1.165) is 60.3 Å². The van der Waals surface area contributed by atoms with Crippen molar-refractivity contribution in [1.82, 2.24) is 15.2 Å². The molecular formula is C37H47F3N4O2. The van der Waals surface area contributed by atoms with Crippen LogP contribution in [0.1, 0.15) is 96.6 Å². The van der Waals surface area contributed by atoms with Gasteiger partial charge in [0.05, 0.1) is 18.9 Å². The maximum Gasteiger partial charge on any atom is 0.432 e.